The molecule has 2 rings (SSSR count). The first-order valence-corrected chi connectivity index (χ1v) is 8.04. The minimum absolute atomic E-state index is 0.0648. The van der Waals surface area contributed by atoms with Crippen molar-refractivity contribution in [1.29, 1.82) is 0 Å². The average Bonchev–Trinajstić information content (AvgIpc) is 2.56. The predicted molar refractivity (Wildman–Crippen MR) is 85.7 cm³/mol. The number of rotatable bonds is 8. The third-order valence-electron chi connectivity index (χ3n) is 4.03. The Morgan fingerprint density at radius 3 is 2.73 bits per heavy atom. The molecule has 22 heavy (non-hydrogen) atoms. The Labute approximate surface area is 132 Å². The molecule has 1 fully saturated rings. The van der Waals surface area contributed by atoms with Crippen LogP contribution < -0.4 is 15.8 Å². The third-order valence-corrected chi connectivity index (χ3v) is 4.03. The maximum atomic E-state index is 11.9. The second-order valence-corrected chi connectivity index (χ2v) is 5.67. The average molecular weight is 306 g/mol. The van der Waals surface area contributed by atoms with E-state index in [1.165, 1.54) is 6.42 Å². The van der Waals surface area contributed by atoms with Gasteiger partial charge in [-0.15, -0.1) is 0 Å². The van der Waals surface area contributed by atoms with Gasteiger partial charge in [0.15, 0.2) is 0 Å². The summed E-state index contributed by atoms with van der Waals surface area (Å²) in [5.74, 6) is 1.15. The molecule has 2 atom stereocenters. The minimum Gasteiger partial charge on any atom is -0.491 e. The molecule has 1 aromatic rings. The van der Waals surface area contributed by atoms with Crippen molar-refractivity contribution in [3.05, 3.63) is 30.3 Å². The van der Waals surface area contributed by atoms with Gasteiger partial charge in [-0.2, -0.15) is 0 Å². The van der Waals surface area contributed by atoms with E-state index < -0.39 is 0 Å². The fraction of sp³-hybridized carbons (Fsp3) is 0.588. The van der Waals surface area contributed by atoms with E-state index in [-0.39, 0.29) is 18.6 Å². The van der Waals surface area contributed by atoms with Gasteiger partial charge in [0.25, 0.3) is 0 Å². The topological polar surface area (TPSA) is 73.6 Å². The number of hydrogen-bond acceptors (Lipinski definition) is 4. The molecule has 1 aromatic carbocycles. The first kappa shape index (κ1) is 16.8. The summed E-state index contributed by atoms with van der Waals surface area (Å²) in [5.41, 5.74) is 5.77. The zero-order chi connectivity index (χ0) is 15.6. The van der Waals surface area contributed by atoms with Gasteiger partial charge in [0.2, 0.25) is 5.91 Å². The van der Waals surface area contributed by atoms with E-state index >= 15 is 0 Å². The summed E-state index contributed by atoms with van der Waals surface area (Å²) in [6.45, 7) is 1.54. The first-order valence-electron chi connectivity index (χ1n) is 8.04. The molecule has 1 aliphatic carbocycles. The molecular weight excluding hydrogens is 280 g/mol. The standard InChI is InChI=1S/C17H26N2O3/c18-12-14-6-4-5-9-16(14)19-17(20)13-21-10-11-22-15-7-2-1-3-8-15/h1-3,7-8,14,16H,4-6,9-13,18H2,(H,19,20). The number of carbonyl (C=O) groups is 1. The van der Waals surface area contributed by atoms with Crippen LogP contribution in [0.1, 0.15) is 25.7 Å². The van der Waals surface area contributed by atoms with Crippen molar-refractivity contribution in [2.24, 2.45) is 11.7 Å². The summed E-state index contributed by atoms with van der Waals surface area (Å²) < 4.78 is 10.9. The van der Waals surface area contributed by atoms with Crippen molar-refractivity contribution < 1.29 is 14.3 Å². The highest BCUT2D eigenvalue weighted by molar-refractivity contribution is 5.77. The number of para-hydroxylation sites is 1. The van der Waals surface area contributed by atoms with Crippen molar-refractivity contribution >= 4 is 5.91 Å². The molecule has 0 aliphatic heterocycles. The lowest BCUT2D eigenvalue weighted by atomic mass is 9.84. The highest BCUT2D eigenvalue weighted by Crippen LogP contribution is 2.23. The van der Waals surface area contributed by atoms with Gasteiger partial charge in [-0.25, -0.2) is 0 Å². The molecule has 0 saturated heterocycles. The molecule has 3 N–H and O–H groups in total. The van der Waals surface area contributed by atoms with Gasteiger partial charge in [0.05, 0.1) is 6.61 Å². The van der Waals surface area contributed by atoms with Crippen molar-refractivity contribution in [3.8, 4) is 5.75 Å². The monoisotopic (exact) mass is 306 g/mol. The number of amides is 1. The Kier molecular flexibility index (Phi) is 7.19. The first-order chi connectivity index (χ1) is 10.8. The fourth-order valence-corrected chi connectivity index (χ4v) is 2.83. The summed E-state index contributed by atoms with van der Waals surface area (Å²) in [6.07, 6.45) is 4.49. The number of carbonyl (C=O) groups excluding carboxylic acids is 1. The minimum atomic E-state index is -0.0648. The van der Waals surface area contributed by atoms with E-state index in [9.17, 15) is 4.79 Å². The van der Waals surface area contributed by atoms with Gasteiger partial charge in [-0.05, 0) is 37.4 Å². The van der Waals surface area contributed by atoms with E-state index in [1.807, 2.05) is 30.3 Å². The number of ether oxygens (including phenoxy) is 2. The van der Waals surface area contributed by atoms with Crippen LogP contribution in [0.5, 0.6) is 5.75 Å². The highest BCUT2D eigenvalue weighted by Gasteiger charge is 2.25. The van der Waals surface area contributed by atoms with Crippen LogP contribution in [0.15, 0.2) is 30.3 Å². The second-order valence-electron chi connectivity index (χ2n) is 5.67. The molecular formula is C17H26N2O3. The van der Waals surface area contributed by atoms with Crippen LogP contribution >= 0.6 is 0 Å². The maximum absolute atomic E-state index is 11.9. The molecule has 5 heteroatoms. The van der Waals surface area contributed by atoms with Crippen molar-refractivity contribution in [2.75, 3.05) is 26.4 Å². The fourth-order valence-electron chi connectivity index (χ4n) is 2.83. The molecule has 122 valence electrons. The predicted octanol–water partition coefficient (Wildman–Crippen LogP) is 1.72. The zero-order valence-electron chi connectivity index (χ0n) is 13.0. The van der Waals surface area contributed by atoms with Crippen LogP contribution in [-0.4, -0.2) is 38.3 Å². The molecule has 1 aliphatic rings. The molecule has 0 spiro atoms. The van der Waals surface area contributed by atoms with Gasteiger partial charge < -0.3 is 20.5 Å². The molecule has 1 saturated carbocycles. The molecule has 0 bridgehead atoms. The van der Waals surface area contributed by atoms with Crippen LogP contribution in [0.2, 0.25) is 0 Å². The van der Waals surface area contributed by atoms with Crippen LogP contribution in [-0.2, 0) is 9.53 Å². The normalized spacial score (nSPS) is 21.3. The van der Waals surface area contributed by atoms with Gasteiger partial charge in [0.1, 0.15) is 19.0 Å². The van der Waals surface area contributed by atoms with Gasteiger partial charge in [-0.3, -0.25) is 4.79 Å². The second kappa shape index (κ2) is 9.43. The van der Waals surface area contributed by atoms with Gasteiger partial charge in [-0.1, -0.05) is 31.0 Å². The maximum Gasteiger partial charge on any atom is 0.246 e. The van der Waals surface area contributed by atoms with E-state index in [0.717, 1.165) is 25.0 Å². The number of hydrogen-bond donors (Lipinski definition) is 2. The Morgan fingerprint density at radius 1 is 1.18 bits per heavy atom. The molecule has 2 unspecified atom stereocenters. The van der Waals surface area contributed by atoms with E-state index in [2.05, 4.69) is 5.32 Å². The molecule has 0 radical (unpaired) electrons. The van der Waals surface area contributed by atoms with Crippen LogP contribution in [0.3, 0.4) is 0 Å². The summed E-state index contributed by atoms with van der Waals surface area (Å²) in [4.78, 5) is 11.9. The van der Waals surface area contributed by atoms with E-state index in [4.69, 9.17) is 15.2 Å². The largest absolute Gasteiger partial charge is 0.491 e. The van der Waals surface area contributed by atoms with Crippen LogP contribution in [0.25, 0.3) is 0 Å². The molecule has 0 heterocycles. The van der Waals surface area contributed by atoms with E-state index in [0.29, 0.717) is 25.7 Å². The molecule has 5 nitrogen and oxygen atoms in total. The summed E-state index contributed by atoms with van der Waals surface area (Å²) in [7, 11) is 0. The SMILES string of the molecule is NCC1CCCCC1NC(=O)COCCOc1ccccc1. The summed E-state index contributed by atoms with van der Waals surface area (Å²) >= 11 is 0. The molecule has 1 amide bonds. The van der Waals surface area contributed by atoms with Gasteiger partial charge in [0, 0.05) is 6.04 Å². The lowest BCUT2D eigenvalue weighted by molar-refractivity contribution is -0.127. The Balaban J connectivity index is 1.57. The quantitative estimate of drug-likeness (QED) is 0.717. The Morgan fingerprint density at radius 2 is 1.95 bits per heavy atom. The Hall–Kier alpha value is -1.59. The summed E-state index contributed by atoms with van der Waals surface area (Å²) in [5, 5.41) is 3.04. The number of benzene rings is 1. The molecule has 0 aromatic heterocycles. The lowest BCUT2D eigenvalue weighted by Gasteiger charge is -2.31. The third kappa shape index (κ3) is 5.66. The number of nitrogens with one attached hydrogen (secondary N) is 1. The highest BCUT2D eigenvalue weighted by atomic mass is 16.5. The van der Waals surface area contributed by atoms with Crippen molar-refractivity contribution in [1.82, 2.24) is 5.32 Å². The summed E-state index contributed by atoms with van der Waals surface area (Å²) in [6, 6.07) is 9.76. The van der Waals surface area contributed by atoms with Crippen LogP contribution in [0.4, 0.5) is 0 Å². The van der Waals surface area contributed by atoms with Crippen LogP contribution in [0, 0.1) is 5.92 Å². The lowest BCUT2D eigenvalue weighted by Crippen LogP contribution is -2.46. The van der Waals surface area contributed by atoms with Gasteiger partial charge >= 0.3 is 0 Å². The van der Waals surface area contributed by atoms with E-state index in [1.54, 1.807) is 0 Å². The Bertz CT molecular complexity index is 439. The number of nitrogens with two attached hydrogens (primary N) is 1. The van der Waals surface area contributed by atoms with Crippen molar-refractivity contribution in [3.63, 3.8) is 0 Å². The van der Waals surface area contributed by atoms with Crippen molar-refractivity contribution in [2.45, 2.75) is 31.7 Å². The zero-order valence-corrected chi connectivity index (χ0v) is 13.0. The smallest absolute Gasteiger partial charge is 0.246 e.